The van der Waals surface area contributed by atoms with Crippen molar-refractivity contribution in [2.24, 2.45) is 5.73 Å². The highest BCUT2D eigenvalue weighted by atomic mass is 16.5. The molecular weight excluding hydrogens is 260 g/mol. The van der Waals surface area contributed by atoms with E-state index < -0.39 is 5.54 Å². The molecule has 3 fully saturated rings. The first-order valence-corrected chi connectivity index (χ1v) is 7.31. The molecule has 3 saturated heterocycles. The largest absolute Gasteiger partial charge is 0.379 e. The third kappa shape index (κ3) is 2.35. The molecule has 112 valence electrons. The van der Waals surface area contributed by atoms with Crippen LogP contribution in [-0.2, 0) is 9.53 Å². The van der Waals surface area contributed by atoms with E-state index in [2.05, 4.69) is 5.32 Å². The number of rotatable bonds is 2. The standard InChI is InChI=1S/C13H22N4O3/c14-13(3-8-20-9-13)11(18)16-5-1-10(2-6-16)17-7-4-15-12(17)19/h10H,1-9,14H2,(H,15,19). The van der Waals surface area contributed by atoms with Crippen molar-refractivity contribution in [3.8, 4) is 0 Å². The molecule has 0 radical (unpaired) electrons. The van der Waals surface area contributed by atoms with Crippen molar-refractivity contribution >= 4 is 11.9 Å². The van der Waals surface area contributed by atoms with Crippen molar-refractivity contribution in [1.29, 1.82) is 0 Å². The number of nitrogens with zero attached hydrogens (tertiary/aromatic N) is 2. The van der Waals surface area contributed by atoms with Crippen molar-refractivity contribution < 1.29 is 14.3 Å². The molecule has 7 nitrogen and oxygen atoms in total. The van der Waals surface area contributed by atoms with Crippen molar-refractivity contribution in [1.82, 2.24) is 15.1 Å². The highest BCUT2D eigenvalue weighted by molar-refractivity contribution is 5.86. The lowest BCUT2D eigenvalue weighted by atomic mass is 9.95. The molecule has 1 atom stereocenters. The number of piperidine rings is 1. The molecule has 0 aromatic heterocycles. The summed E-state index contributed by atoms with van der Waals surface area (Å²) in [7, 11) is 0. The van der Waals surface area contributed by atoms with Gasteiger partial charge in [0, 0.05) is 38.8 Å². The third-order valence-corrected chi connectivity index (χ3v) is 4.56. The topological polar surface area (TPSA) is 87.9 Å². The Kier molecular flexibility index (Phi) is 3.55. The summed E-state index contributed by atoms with van der Waals surface area (Å²) in [6, 6.07) is 0.268. The number of ether oxygens (including phenoxy) is 1. The van der Waals surface area contributed by atoms with Crippen LogP contribution in [0.5, 0.6) is 0 Å². The number of likely N-dealkylation sites (tertiary alicyclic amines) is 1. The summed E-state index contributed by atoms with van der Waals surface area (Å²) in [6.45, 7) is 3.72. The summed E-state index contributed by atoms with van der Waals surface area (Å²) in [5, 5.41) is 2.82. The number of amides is 3. The molecule has 3 rings (SSSR count). The average molecular weight is 282 g/mol. The molecule has 0 spiro atoms. The van der Waals surface area contributed by atoms with Crippen molar-refractivity contribution in [3.05, 3.63) is 0 Å². The Morgan fingerprint density at radius 3 is 2.65 bits per heavy atom. The first-order valence-electron chi connectivity index (χ1n) is 7.31. The summed E-state index contributed by atoms with van der Waals surface area (Å²) in [6.07, 6.45) is 2.26. The van der Waals surface area contributed by atoms with E-state index in [9.17, 15) is 9.59 Å². The highest BCUT2D eigenvalue weighted by Crippen LogP contribution is 2.23. The van der Waals surface area contributed by atoms with E-state index in [4.69, 9.17) is 10.5 Å². The van der Waals surface area contributed by atoms with Crippen LogP contribution in [0.15, 0.2) is 0 Å². The Morgan fingerprint density at radius 1 is 1.35 bits per heavy atom. The number of nitrogens with one attached hydrogen (secondary N) is 1. The lowest BCUT2D eigenvalue weighted by molar-refractivity contribution is -0.138. The summed E-state index contributed by atoms with van der Waals surface area (Å²) >= 11 is 0. The van der Waals surface area contributed by atoms with E-state index >= 15 is 0 Å². The monoisotopic (exact) mass is 282 g/mol. The van der Waals surface area contributed by atoms with Crippen LogP contribution >= 0.6 is 0 Å². The minimum absolute atomic E-state index is 0.000626. The summed E-state index contributed by atoms with van der Waals surface area (Å²) in [5.41, 5.74) is 5.29. The minimum atomic E-state index is -0.835. The average Bonchev–Trinajstić information content (AvgIpc) is 3.08. The van der Waals surface area contributed by atoms with Gasteiger partial charge in [0.25, 0.3) is 0 Å². The van der Waals surface area contributed by atoms with Gasteiger partial charge in [-0.2, -0.15) is 0 Å². The maximum atomic E-state index is 12.4. The van der Waals surface area contributed by atoms with Crippen LogP contribution in [-0.4, -0.2) is 72.7 Å². The maximum absolute atomic E-state index is 12.4. The first-order chi connectivity index (χ1) is 9.60. The fraction of sp³-hybridized carbons (Fsp3) is 0.846. The molecule has 1 unspecified atom stereocenters. The number of hydrogen-bond donors (Lipinski definition) is 2. The second-order valence-electron chi connectivity index (χ2n) is 5.91. The normalized spacial score (nSPS) is 31.8. The predicted molar refractivity (Wildman–Crippen MR) is 72.1 cm³/mol. The molecule has 20 heavy (non-hydrogen) atoms. The maximum Gasteiger partial charge on any atom is 0.317 e. The van der Waals surface area contributed by atoms with Gasteiger partial charge in [-0.15, -0.1) is 0 Å². The molecule has 3 N–H and O–H groups in total. The van der Waals surface area contributed by atoms with Crippen LogP contribution in [0.1, 0.15) is 19.3 Å². The third-order valence-electron chi connectivity index (χ3n) is 4.56. The quantitative estimate of drug-likeness (QED) is 0.688. The second-order valence-corrected chi connectivity index (χ2v) is 5.91. The van der Waals surface area contributed by atoms with Gasteiger partial charge in [0.05, 0.1) is 6.61 Å². The van der Waals surface area contributed by atoms with Gasteiger partial charge < -0.3 is 25.6 Å². The summed E-state index contributed by atoms with van der Waals surface area (Å²) in [4.78, 5) is 27.8. The second kappa shape index (κ2) is 5.21. The van der Waals surface area contributed by atoms with Crippen LogP contribution in [0.3, 0.4) is 0 Å². The van der Waals surface area contributed by atoms with Gasteiger partial charge in [0.2, 0.25) is 5.91 Å². The van der Waals surface area contributed by atoms with Gasteiger partial charge in [-0.1, -0.05) is 0 Å². The summed E-state index contributed by atoms with van der Waals surface area (Å²) < 4.78 is 5.25. The molecule has 3 aliphatic heterocycles. The van der Waals surface area contributed by atoms with Crippen LogP contribution in [0.4, 0.5) is 4.79 Å². The Hall–Kier alpha value is -1.34. The van der Waals surface area contributed by atoms with Crippen molar-refractivity contribution in [2.75, 3.05) is 39.4 Å². The zero-order valence-electron chi connectivity index (χ0n) is 11.6. The van der Waals surface area contributed by atoms with Crippen LogP contribution in [0, 0.1) is 0 Å². The SMILES string of the molecule is NC1(C(=O)N2CCC(N3CCNC3=O)CC2)CCOC1. The molecule has 0 aromatic carbocycles. The molecule has 0 bridgehead atoms. The molecule has 0 aromatic rings. The molecule has 0 saturated carbocycles. The highest BCUT2D eigenvalue weighted by Gasteiger charge is 2.42. The van der Waals surface area contributed by atoms with Crippen LogP contribution in [0.25, 0.3) is 0 Å². The summed E-state index contributed by atoms with van der Waals surface area (Å²) in [5.74, 6) is -0.000626. The lowest BCUT2D eigenvalue weighted by Crippen LogP contribution is -2.58. The molecule has 3 amide bonds. The predicted octanol–water partition coefficient (Wildman–Crippen LogP) is -0.880. The van der Waals surface area contributed by atoms with E-state index in [0.29, 0.717) is 32.7 Å². The van der Waals surface area contributed by atoms with Crippen molar-refractivity contribution in [3.63, 3.8) is 0 Å². The number of urea groups is 1. The Labute approximate surface area is 118 Å². The van der Waals surface area contributed by atoms with E-state index in [-0.39, 0.29) is 18.0 Å². The fourth-order valence-corrected chi connectivity index (χ4v) is 3.28. The van der Waals surface area contributed by atoms with Gasteiger partial charge >= 0.3 is 6.03 Å². The Bertz CT molecular complexity index is 400. The van der Waals surface area contributed by atoms with Gasteiger partial charge in [-0.05, 0) is 19.3 Å². The fourth-order valence-electron chi connectivity index (χ4n) is 3.28. The molecule has 3 aliphatic rings. The number of carbonyl (C=O) groups is 2. The molecule has 0 aliphatic carbocycles. The van der Waals surface area contributed by atoms with Gasteiger partial charge in [-0.3, -0.25) is 4.79 Å². The zero-order valence-corrected chi connectivity index (χ0v) is 11.6. The number of carbonyl (C=O) groups excluding carboxylic acids is 2. The number of hydrogen-bond acceptors (Lipinski definition) is 4. The van der Waals surface area contributed by atoms with E-state index in [1.807, 2.05) is 9.80 Å². The number of nitrogens with two attached hydrogens (primary N) is 1. The van der Waals surface area contributed by atoms with Crippen molar-refractivity contribution in [2.45, 2.75) is 30.8 Å². The smallest absolute Gasteiger partial charge is 0.317 e. The first kappa shape index (κ1) is 13.6. The minimum Gasteiger partial charge on any atom is -0.379 e. The molecule has 7 heteroatoms. The van der Waals surface area contributed by atoms with Gasteiger partial charge in [0.1, 0.15) is 5.54 Å². The van der Waals surface area contributed by atoms with E-state index in [1.54, 1.807) is 0 Å². The van der Waals surface area contributed by atoms with Crippen LogP contribution in [0.2, 0.25) is 0 Å². The van der Waals surface area contributed by atoms with Gasteiger partial charge in [0.15, 0.2) is 0 Å². The van der Waals surface area contributed by atoms with Gasteiger partial charge in [-0.25, -0.2) is 4.79 Å². The molecular formula is C13H22N4O3. The lowest BCUT2D eigenvalue weighted by Gasteiger charge is -2.38. The van der Waals surface area contributed by atoms with Crippen LogP contribution < -0.4 is 11.1 Å². The zero-order chi connectivity index (χ0) is 14.2. The Morgan fingerprint density at radius 2 is 2.10 bits per heavy atom. The molecule has 3 heterocycles. The van der Waals surface area contributed by atoms with E-state index in [0.717, 1.165) is 25.9 Å². The van der Waals surface area contributed by atoms with E-state index in [1.165, 1.54) is 0 Å². The Balaban J connectivity index is 1.55.